The average Bonchev–Trinajstić information content (AvgIpc) is 3.33. The molecule has 9 heteroatoms. The molecule has 160 valence electrons. The highest BCUT2D eigenvalue weighted by atomic mass is 79.9. The number of carbonyl (C=O) groups is 1. The van der Waals surface area contributed by atoms with Gasteiger partial charge in [-0.3, -0.25) is 4.79 Å². The first-order valence-electron chi connectivity index (χ1n) is 10.00. The Morgan fingerprint density at radius 3 is 2.59 bits per heavy atom. The second kappa shape index (κ2) is 7.76. The summed E-state index contributed by atoms with van der Waals surface area (Å²) in [7, 11) is 0. The Morgan fingerprint density at radius 2 is 1.81 bits per heavy atom. The molecule has 0 aliphatic heterocycles. The SMILES string of the molecule is Cc1ccc(C)c(-c2cc3c4nn(CC(=O)Nc5ccc(Br)cc5)c(=O)n4ccn3n2)c1. The zero-order chi connectivity index (χ0) is 22.4. The van der Waals surface area contributed by atoms with E-state index >= 15 is 0 Å². The highest BCUT2D eigenvalue weighted by Crippen LogP contribution is 2.25. The molecule has 8 nitrogen and oxygen atoms in total. The number of nitrogens with zero attached hydrogens (tertiary/aromatic N) is 5. The van der Waals surface area contributed by atoms with Crippen LogP contribution in [0.25, 0.3) is 22.4 Å². The van der Waals surface area contributed by atoms with E-state index < -0.39 is 0 Å². The van der Waals surface area contributed by atoms with Crippen LogP contribution in [-0.4, -0.2) is 29.7 Å². The summed E-state index contributed by atoms with van der Waals surface area (Å²) in [5.74, 6) is -0.335. The van der Waals surface area contributed by atoms with Crippen LogP contribution in [0.4, 0.5) is 5.69 Å². The molecule has 0 unspecified atom stereocenters. The topological polar surface area (TPSA) is 85.7 Å². The number of aromatic nitrogens is 5. The van der Waals surface area contributed by atoms with E-state index in [1.807, 2.05) is 32.0 Å². The summed E-state index contributed by atoms with van der Waals surface area (Å²) >= 11 is 3.36. The first kappa shape index (κ1) is 20.2. The van der Waals surface area contributed by atoms with Crippen LogP contribution in [-0.2, 0) is 11.3 Å². The third-order valence-electron chi connectivity index (χ3n) is 5.28. The molecule has 0 atom stereocenters. The van der Waals surface area contributed by atoms with Crippen molar-refractivity contribution in [2.75, 3.05) is 5.32 Å². The first-order valence-corrected chi connectivity index (χ1v) is 10.8. The van der Waals surface area contributed by atoms with Crippen molar-refractivity contribution in [1.82, 2.24) is 23.8 Å². The molecule has 0 radical (unpaired) electrons. The van der Waals surface area contributed by atoms with Crippen molar-refractivity contribution in [3.8, 4) is 11.3 Å². The molecule has 0 bridgehead atoms. The van der Waals surface area contributed by atoms with E-state index in [-0.39, 0.29) is 18.1 Å². The second-order valence-electron chi connectivity index (χ2n) is 7.66. The zero-order valence-electron chi connectivity index (χ0n) is 17.4. The molecule has 0 fully saturated rings. The van der Waals surface area contributed by atoms with E-state index in [0.717, 1.165) is 31.5 Å². The van der Waals surface area contributed by atoms with Crippen molar-refractivity contribution < 1.29 is 4.79 Å². The van der Waals surface area contributed by atoms with Crippen LogP contribution in [0.15, 0.2) is 70.2 Å². The normalized spacial score (nSPS) is 11.3. The molecule has 3 heterocycles. The summed E-state index contributed by atoms with van der Waals surface area (Å²) in [6.07, 6.45) is 3.33. The maximum Gasteiger partial charge on any atom is 0.350 e. The van der Waals surface area contributed by atoms with Crippen LogP contribution in [0.5, 0.6) is 0 Å². The molecular formula is C23H19BrN6O2. The van der Waals surface area contributed by atoms with E-state index in [2.05, 4.69) is 49.6 Å². The van der Waals surface area contributed by atoms with Crippen molar-refractivity contribution >= 4 is 38.7 Å². The smallest absolute Gasteiger partial charge is 0.324 e. The predicted octanol–water partition coefficient (Wildman–Crippen LogP) is 3.83. The number of hydrogen-bond donors (Lipinski definition) is 1. The minimum absolute atomic E-state index is 0.194. The number of carbonyl (C=O) groups excluding carboxylic acids is 1. The highest BCUT2D eigenvalue weighted by molar-refractivity contribution is 9.10. The standard InChI is InChI=1S/C23H19BrN6O2/c1-14-3-4-15(2)18(11-14)19-12-20-22-27-30(23(32)28(22)9-10-29(20)26-19)13-21(31)25-17-7-5-16(24)6-8-17/h3-12H,13H2,1-2H3,(H,25,31). The van der Waals surface area contributed by atoms with Crippen molar-refractivity contribution in [3.63, 3.8) is 0 Å². The number of halogens is 1. The molecular weight excluding hydrogens is 472 g/mol. The zero-order valence-corrected chi connectivity index (χ0v) is 19.0. The highest BCUT2D eigenvalue weighted by Gasteiger charge is 2.16. The molecule has 3 aromatic heterocycles. The number of aryl methyl sites for hydroxylation is 2. The first-order chi connectivity index (χ1) is 15.4. The van der Waals surface area contributed by atoms with Crippen LogP contribution in [0.1, 0.15) is 11.1 Å². The molecule has 1 N–H and O–H groups in total. The van der Waals surface area contributed by atoms with Gasteiger partial charge in [0.2, 0.25) is 5.91 Å². The van der Waals surface area contributed by atoms with Gasteiger partial charge in [0, 0.05) is 28.1 Å². The summed E-state index contributed by atoms with van der Waals surface area (Å²) in [6, 6.07) is 15.3. The number of hydrogen-bond acceptors (Lipinski definition) is 4. The Balaban J connectivity index is 1.51. The Bertz CT molecular complexity index is 1550. The third kappa shape index (κ3) is 3.60. The molecule has 2 aromatic carbocycles. The van der Waals surface area contributed by atoms with Crippen LogP contribution < -0.4 is 11.0 Å². The lowest BCUT2D eigenvalue weighted by Gasteiger charge is -2.04. The fourth-order valence-corrected chi connectivity index (χ4v) is 3.91. The van der Waals surface area contributed by atoms with Crippen molar-refractivity contribution in [1.29, 1.82) is 0 Å². The largest absolute Gasteiger partial charge is 0.350 e. The fraction of sp³-hybridized carbons (Fsp3) is 0.130. The van der Waals surface area contributed by atoms with Gasteiger partial charge in [0.25, 0.3) is 0 Å². The quantitative estimate of drug-likeness (QED) is 0.414. The van der Waals surface area contributed by atoms with Gasteiger partial charge >= 0.3 is 5.69 Å². The summed E-state index contributed by atoms with van der Waals surface area (Å²) < 4.78 is 5.20. The van der Waals surface area contributed by atoms with Gasteiger partial charge in [-0.1, -0.05) is 33.6 Å². The van der Waals surface area contributed by atoms with Gasteiger partial charge in [0.15, 0.2) is 5.65 Å². The number of benzene rings is 2. The number of fused-ring (bicyclic) bond motifs is 3. The number of amides is 1. The summed E-state index contributed by atoms with van der Waals surface area (Å²) in [5.41, 5.74) is 5.48. The summed E-state index contributed by atoms with van der Waals surface area (Å²) in [5, 5.41) is 11.9. The van der Waals surface area contributed by atoms with Crippen molar-refractivity contribution in [3.05, 3.63) is 87.0 Å². The second-order valence-corrected chi connectivity index (χ2v) is 8.58. The Hall–Kier alpha value is -3.72. The Morgan fingerprint density at radius 1 is 1.03 bits per heavy atom. The third-order valence-corrected chi connectivity index (χ3v) is 5.81. The lowest BCUT2D eigenvalue weighted by atomic mass is 10.0. The molecule has 5 aromatic rings. The lowest BCUT2D eigenvalue weighted by molar-refractivity contribution is -0.117. The number of rotatable bonds is 4. The monoisotopic (exact) mass is 490 g/mol. The van der Waals surface area contributed by atoms with Gasteiger partial charge in [-0.15, -0.1) is 5.10 Å². The van der Waals surface area contributed by atoms with Crippen LogP contribution in [0.3, 0.4) is 0 Å². The Kier molecular flexibility index (Phi) is 4.90. The maximum atomic E-state index is 12.8. The molecule has 5 rings (SSSR count). The van der Waals surface area contributed by atoms with Gasteiger partial charge < -0.3 is 5.32 Å². The molecule has 0 saturated heterocycles. The van der Waals surface area contributed by atoms with E-state index in [4.69, 9.17) is 0 Å². The van der Waals surface area contributed by atoms with Crippen LogP contribution >= 0.6 is 15.9 Å². The lowest BCUT2D eigenvalue weighted by Crippen LogP contribution is -2.28. The van der Waals surface area contributed by atoms with Crippen LogP contribution in [0, 0.1) is 13.8 Å². The average molecular weight is 491 g/mol. The van der Waals surface area contributed by atoms with Gasteiger partial charge in [-0.2, -0.15) is 5.10 Å². The van der Waals surface area contributed by atoms with E-state index in [1.54, 1.807) is 29.0 Å². The maximum absolute atomic E-state index is 12.8. The molecule has 32 heavy (non-hydrogen) atoms. The summed E-state index contributed by atoms with van der Waals surface area (Å²) in [4.78, 5) is 25.3. The van der Waals surface area contributed by atoms with Crippen LogP contribution in [0.2, 0.25) is 0 Å². The van der Waals surface area contributed by atoms with Crippen molar-refractivity contribution in [2.45, 2.75) is 20.4 Å². The predicted molar refractivity (Wildman–Crippen MR) is 126 cm³/mol. The van der Waals surface area contributed by atoms with Gasteiger partial charge in [0.05, 0.1) is 5.69 Å². The Labute approximate surface area is 191 Å². The van der Waals surface area contributed by atoms with Gasteiger partial charge in [0.1, 0.15) is 12.1 Å². The molecule has 1 amide bonds. The molecule has 0 spiro atoms. The molecule has 0 saturated carbocycles. The number of anilines is 1. The van der Waals surface area contributed by atoms with Crippen molar-refractivity contribution in [2.24, 2.45) is 0 Å². The van der Waals surface area contributed by atoms with E-state index in [1.165, 1.54) is 4.40 Å². The fourth-order valence-electron chi connectivity index (χ4n) is 3.65. The molecule has 0 aliphatic rings. The minimum atomic E-state index is -0.386. The van der Waals surface area contributed by atoms with Gasteiger partial charge in [-0.05, 0) is 55.8 Å². The summed E-state index contributed by atoms with van der Waals surface area (Å²) in [6.45, 7) is 3.88. The van der Waals surface area contributed by atoms with E-state index in [0.29, 0.717) is 16.9 Å². The van der Waals surface area contributed by atoms with Gasteiger partial charge in [-0.25, -0.2) is 18.4 Å². The molecule has 0 aliphatic carbocycles. The number of nitrogens with one attached hydrogen (secondary N) is 1. The minimum Gasteiger partial charge on any atom is -0.324 e. The van der Waals surface area contributed by atoms with E-state index in [9.17, 15) is 9.59 Å².